The Bertz CT molecular complexity index is 766. The minimum atomic E-state index is -0.756. The Morgan fingerprint density at radius 1 is 1.41 bits per heavy atom. The number of likely N-dealkylation sites (N-methyl/N-ethyl adjacent to an activating group) is 1. The number of anilines is 1. The number of hydrogen-bond acceptors (Lipinski definition) is 8. The number of carbonyl (C=O) groups is 1. The number of aromatic nitrogens is 4. The zero-order valence-electron chi connectivity index (χ0n) is 15.5. The minimum absolute atomic E-state index is 0.0910. The van der Waals surface area contributed by atoms with Crippen molar-refractivity contribution < 1.29 is 14.6 Å². The summed E-state index contributed by atoms with van der Waals surface area (Å²) in [6.07, 6.45) is 5.73. The van der Waals surface area contributed by atoms with E-state index in [0.29, 0.717) is 23.4 Å². The highest BCUT2D eigenvalue weighted by atomic mass is 16.5. The summed E-state index contributed by atoms with van der Waals surface area (Å²) in [6.45, 7) is 3.24. The third-order valence-electron chi connectivity index (χ3n) is 4.79. The molecule has 0 unspecified atom stereocenters. The van der Waals surface area contributed by atoms with E-state index >= 15 is 0 Å². The number of nitrogens with zero attached hydrogens (tertiary/aromatic N) is 5. The predicted octanol–water partition coefficient (Wildman–Crippen LogP) is 0.472. The maximum Gasteiger partial charge on any atom is 0.303 e. The van der Waals surface area contributed by atoms with E-state index in [9.17, 15) is 4.79 Å². The minimum Gasteiger partial charge on any atom is -0.481 e. The molecule has 148 valence electrons. The van der Waals surface area contributed by atoms with E-state index in [1.807, 2.05) is 11.6 Å². The van der Waals surface area contributed by atoms with Crippen LogP contribution in [0.3, 0.4) is 0 Å². The Hall–Kier alpha value is -2.30. The van der Waals surface area contributed by atoms with Gasteiger partial charge in [-0.25, -0.2) is 15.0 Å². The molecule has 1 fully saturated rings. The first kappa shape index (κ1) is 19.5. The Morgan fingerprint density at radius 3 is 3.04 bits per heavy atom. The summed E-state index contributed by atoms with van der Waals surface area (Å²) in [4.78, 5) is 25.6. The smallest absolute Gasteiger partial charge is 0.303 e. The largest absolute Gasteiger partial charge is 0.481 e. The van der Waals surface area contributed by atoms with Gasteiger partial charge < -0.3 is 20.9 Å². The number of ether oxygens (including phenoxy) is 1. The molecule has 1 saturated heterocycles. The van der Waals surface area contributed by atoms with Crippen molar-refractivity contribution in [3.8, 4) is 0 Å². The van der Waals surface area contributed by atoms with Gasteiger partial charge in [-0.1, -0.05) is 0 Å². The molecule has 2 aromatic rings. The van der Waals surface area contributed by atoms with E-state index < -0.39 is 5.97 Å². The summed E-state index contributed by atoms with van der Waals surface area (Å²) in [5, 5.41) is 12.0. The normalized spacial score (nSPS) is 19.9. The van der Waals surface area contributed by atoms with Crippen molar-refractivity contribution in [3.05, 3.63) is 12.7 Å². The highest BCUT2D eigenvalue weighted by Gasteiger charge is 2.29. The molecule has 0 amide bonds. The number of carboxylic acid groups (broad SMARTS) is 1. The van der Waals surface area contributed by atoms with Crippen LogP contribution in [-0.2, 0) is 9.53 Å². The van der Waals surface area contributed by atoms with E-state index in [1.165, 1.54) is 6.33 Å². The van der Waals surface area contributed by atoms with Crippen molar-refractivity contribution in [3.63, 3.8) is 0 Å². The van der Waals surface area contributed by atoms with Crippen LogP contribution in [0, 0.1) is 0 Å². The fraction of sp³-hybridized carbons (Fsp3) is 0.647. The molecule has 10 heteroatoms. The fourth-order valence-electron chi connectivity index (χ4n) is 3.41. The summed E-state index contributed by atoms with van der Waals surface area (Å²) in [5.41, 5.74) is 7.13. The first-order chi connectivity index (χ1) is 13.1. The van der Waals surface area contributed by atoms with Crippen LogP contribution in [0.15, 0.2) is 12.7 Å². The Morgan fingerprint density at radius 2 is 2.26 bits per heavy atom. The standard InChI is InChI=1S/C17H27N7O3/c1-19-6-8-23(7-2-3-14(25)26)9-12-4-5-13(27-12)24-11-22-15-16(18)20-10-21-17(15)24/h10-13,19H,2-9H2,1H3,(H,25,26)(H2,18,20,21)/t12-,13+/m0/s1. The lowest BCUT2D eigenvalue weighted by Crippen LogP contribution is -2.37. The first-order valence-corrected chi connectivity index (χ1v) is 9.25. The molecule has 3 heterocycles. The van der Waals surface area contributed by atoms with Gasteiger partial charge in [-0.2, -0.15) is 0 Å². The topological polar surface area (TPSA) is 131 Å². The summed E-state index contributed by atoms with van der Waals surface area (Å²) >= 11 is 0. The van der Waals surface area contributed by atoms with Crippen molar-refractivity contribution in [2.45, 2.75) is 38.0 Å². The van der Waals surface area contributed by atoms with Gasteiger partial charge in [-0.15, -0.1) is 0 Å². The highest BCUT2D eigenvalue weighted by molar-refractivity contribution is 5.81. The average molecular weight is 377 g/mol. The molecule has 1 aliphatic heterocycles. The van der Waals surface area contributed by atoms with Crippen molar-refractivity contribution in [1.29, 1.82) is 0 Å². The van der Waals surface area contributed by atoms with Crippen LogP contribution in [0.1, 0.15) is 31.9 Å². The van der Waals surface area contributed by atoms with Gasteiger partial charge in [0.05, 0.1) is 12.4 Å². The van der Waals surface area contributed by atoms with Crippen LogP contribution in [0.25, 0.3) is 11.2 Å². The second-order valence-corrected chi connectivity index (χ2v) is 6.77. The molecule has 0 radical (unpaired) electrons. The number of nitrogens with two attached hydrogens (primary N) is 1. The monoisotopic (exact) mass is 377 g/mol. The molecule has 0 saturated carbocycles. The number of rotatable bonds is 10. The van der Waals surface area contributed by atoms with Crippen molar-refractivity contribution in [2.75, 3.05) is 39.0 Å². The number of imidazole rings is 1. The molecule has 0 aliphatic carbocycles. The third kappa shape index (κ3) is 4.90. The quantitative estimate of drug-likeness (QED) is 0.540. The molecule has 0 spiro atoms. The van der Waals surface area contributed by atoms with Crippen LogP contribution in [0.4, 0.5) is 5.82 Å². The van der Waals surface area contributed by atoms with Gasteiger partial charge in [0.25, 0.3) is 0 Å². The average Bonchev–Trinajstić information content (AvgIpc) is 3.26. The highest BCUT2D eigenvalue weighted by Crippen LogP contribution is 2.31. The first-order valence-electron chi connectivity index (χ1n) is 9.25. The van der Waals surface area contributed by atoms with Crippen molar-refractivity contribution in [1.82, 2.24) is 29.7 Å². The molecule has 0 bridgehead atoms. The SMILES string of the molecule is CNCCN(CCCC(=O)O)C[C@@H]1CC[C@H](n2cnc3c(N)ncnc32)O1. The molecule has 3 rings (SSSR count). The molecule has 2 aromatic heterocycles. The van der Waals surface area contributed by atoms with Gasteiger partial charge >= 0.3 is 5.97 Å². The maximum absolute atomic E-state index is 10.8. The zero-order valence-corrected chi connectivity index (χ0v) is 15.5. The van der Waals surface area contributed by atoms with Gasteiger partial charge in [-0.3, -0.25) is 14.3 Å². The van der Waals surface area contributed by atoms with Crippen LogP contribution >= 0.6 is 0 Å². The number of carboxylic acids is 1. The fourth-order valence-corrected chi connectivity index (χ4v) is 3.41. The lowest BCUT2D eigenvalue weighted by Gasteiger charge is -2.25. The van der Waals surface area contributed by atoms with Gasteiger partial charge in [0.1, 0.15) is 18.1 Å². The zero-order chi connectivity index (χ0) is 19.2. The number of hydrogen-bond donors (Lipinski definition) is 3. The van der Waals surface area contributed by atoms with Gasteiger partial charge in [0.15, 0.2) is 11.5 Å². The lowest BCUT2D eigenvalue weighted by molar-refractivity contribution is -0.137. The summed E-state index contributed by atoms with van der Waals surface area (Å²) in [6, 6.07) is 0. The molecule has 2 atom stereocenters. The van der Waals surface area contributed by atoms with Crippen LogP contribution in [0.5, 0.6) is 0 Å². The van der Waals surface area contributed by atoms with Crippen molar-refractivity contribution in [2.24, 2.45) is 0 Å². The molecular weight excluding hydrogens is 350 g/mol. The summed E-state index contributed by atoms with van der Waals surface area (Å²) in [7, 11) is 1.91. The second-order valence-electron chi connectivity index (χ2n) is 6.77. The molecule has 10 nitrogen and oxygen atoms in total. The second kappa shape index (κ2) is 9.07. The van der Waals surface area contributed by atoms with E-state index in [4.69, 9.17) is 15.6 Å². The van der Waals surface area contributed by atoms with Crippen LogP contribution in [0.2, 0.25) is 0 Å². The number of nitrogens with one attached hydrogen (secondary N) is 1. The van der Waals surface area contributed by atoms with E-state index in [-0.39, 0.29) is 18.8 Å². The van der Waals surface area contributed by atoms with Crippen molar-refractivity contribution >= 4 is 23.0 Å². The summed E-state index contributed by atoms with van der Waals surface area (Å²) < 4.78 is 8.15. The molecule has 0 aromatic carbocycles. The summed E-state index contributed by atoms with van der Waals surface area (Å²) in [5.74, 6) is -0.390. The Kier molecular flexibility index (Phi) is 6.54. The van der Waals surface area contributed by atoms with Crippen LogP contribution < -0.4 is 11.1 Å². The Labute approximate surface area is 157 Å². The molecular formula is C17H27N7O3. The number of fused-ring (bicyclic) bond motifs is 1. The van der Waals surface area contributed by atoms with Gasteiger partial charge in [0, 0.05) is 26.1 Å². The van der Waals surface area contributed by atoms with Crippen LogP contribution in [-0.4, -0.2) is 74.8 Å². The van der Waals surface area contributed by atoms with Gasteiger partial charge in [0.2, 0.25) is 0 Å². The third-order valence-corrected chi connectivity index (χ3v) is 4.79. The number of nitrogen functional groups attached to an aromatic ring is 1. The Balaban J connectivity index is 1.59. The lowest BCUT2D eigenvalue weighted by atomic mass is 10.2. The van der Waals surface area contributed by atoms with E-state index in [1.54, 1.807) is 6.33 Å². The maximum atomic E-state index is 10.8. The van der Waals surface area contributed by atoms with E-state index in [2.05, 4.69) is 25.2 Å². The van der Waals surface area contributed by atoms with E-state index in [0.717, 1.165) is 39.0 Å². The van der Waals surface area contributed by atoms with Gasteiger partial charge in [-0.05, 0) is 32.9 Å². The molecule has 27 heavy (non-hydrogen) atoms. The number of aliphatic carboxylic acids is 1. The predicted molar refractivity (Wildman–Crippen MR) is 100 cm³/mol. The molecule has 1 aliphatic rings. The molecule has 4 N–H and O–H groups in total.